The molecule has 0 spiro atoms. The van der Waals surface area contributed by atoms with E-state index < -0.39 is 35.7 Å². The number of azide groups is 1. The minimum Gasteiger partial charge on any atom is -0.458 e. The molecule has 1 aromatic rings. The highest BCUT2D eigenvalue weighted by Crippen LogP contribution is 2.35. The highest BCUT2D eigenvalue weighted by molar-refractivity contribution is 5.91. The quantitative estimate of drug-likeness (QED) is 0.301. The summed E-state index contributed by atoms with van der Waals surface area (Å²) in [5, 5.41) is 6.32. The molecule has 10 nitrogen and oxygen atoms in total. The van der Waals surface area contributed by atoms with Crippen molar-refractivity contribution in [2.45, 2.75) is 76.8 Å². The number of carbonyl (C=O) groups is 3. The van der Waals surface area contributed by atoms with Crippen molar-refractivity contribution < 1.29 is 23.9 Å². The van der Waals surface area contributed by atoms with Gasteiger partial charge in [-0.3, -0.25) is 4.79 Å². The average molecular weight is 458 g/mol. The van der Waals surface area contributed by atoms with E-state index in [1.54, 1.807) is 25.7 Å². The van der Waals surface area contributed by atoms with Crippen molar-refractivity contribution in [1.82, 2.24) is 10.2 Å². The third-order valence-corrected chi connectivity index (χ3v) is 5.91. The van der Waals surface area contributed by atoms with Gasteiger partial charge in [-0.1, -0.05) is 35.4 Å². The Hall–Kier alpha value is -3.26. The Kier molecular flexibility index (Phi) is 7.81. The van der Waals surface area contributed by atoms with Crippen molar-refractivity contribution in [3.63, 3.8) is 0 Å². The first-order chi connectivity index (χ1) is 15.7. The zero-order valence-electron chi connectivity index (χ0n) is 19.3. The number of alkyl carbamates (subject to hydrolysis) is 1. The summed E-state index contributed by atoms with van der Waals surface area (Å²) < 4.78 is 10.9. The zero-order chi connectivity index (χ0) is 24.0. The first-order valence-electron chi connectivity index (χ1n) is 11.2. The van der Waals surface area contributed by atoms with Gasteiger partial charge >= 0.3 is 12.1 Å². The zero-order valence-corrected chi connectivity index (χ0v) is 19.3. The number of nitrogens with zero attached hydrogens (tertiary/aromatic N) is 4. The van der Waals surface area contributed by atoms with Gasteiger partial charge in [0.2, 0.25) is 5.91 Å². The number of benzene rings is 1. The highest BCUT2D eigenvalue weighted by atomic mass is 16.6. The van der Waals surface area contributed by atoms with Crippen LogP contribution in [0.2, 0.25) is 0 Å². The van der Waals surface area contributed by atoms with Crippen LogP contribution in [0.25, 0.3) is 10.4 Å². The van der Waals surface area contributed by atoms with Gasteiger partial charge in [0.15, 0.2) is 0 Å². The van der Waals surface area contributed by atoms with Gasteiger partial charge in [0.1, 0.15) is 24.3 Å². The van der Waals surface area contributed by atoms with E-state index in [9.17, 15) is 14.4 Å². The Balaban J connectivity index is 1.77. The molecular weight excluding hydrogens is 426 g/mol. The topological polar surface area (TPSA) is 134 Å². The summed E-state index contributed by atoms with van der Waals surface area (Å²) >= 11 is 0. The van der Waals surface area contributed by atoms with Gasteiger partial charge < -0.3 is 19.7 Å². The highest BCUT2D eigenvalue weighted by Gasteiger charge is 2.48. The van der Waals surface area contributed by atoms with Gasteiger partial charge in [0, 0.05) is 17.5 Å². The van der Waals surface area contributed by atoms with Crippen LogP contribution in [0.5, 0.6) is 0 Å². The molecule has 0 unspecified atom stereocenters. The summed E-state index contributed by atoms with van der Waals surface area (Å²) in [5.74, 6) is -1.22. The summed E-state index contributed by atoms with van der Waals surface area (Å²) in [5.41, 5.74) is 8.93. The fourth-order valence-corrected chi connectivity index (χ4v) is 4.45. The summed E-state index contributed by atoms with van der Waals surface area (Å²) in [6.07, 6.45) is 1.66. The third kappa shape index (κ3) is 6.38. The van der Waals surface area contributed by atoms with Gasteiger partial charge in [0.25, 0.3) is 0 Å². The molecule has 178 valence electrons. The van der Waals surface area contributed by atoms with Gasteiger partial charge in [-0.15, -0.1) is 0 Å². The van der Waals surface area contributed by atoms with Gasteiger partial charge in [-0.25, -0.2) is 9.59 Å². The number of hydrogen-bond acceptors (Lipinski definition) is 6. The van der Waals surface area contributed by atoms with Crippen LogP contribution in [0.3, 0.4) is 0 Å². The Labute approximate surface area is 193 Å². The molecule has 2 fully saturated rings. The molecule has 1 aromatic carbocycles. The maximum absolute atomic E-state index is 13.6. The Morgan fingerprint density at radius 2 is 1.88 bits per heavy atom. The lowest BCUT2D eigenvalue weighted by Crippen LogP contribution is -2.55. The van der Waals surface area contributed by atoms with Crippen LogP contribution >= 0.6 is 0 Å². The van der Waals surface area contributed by atoms with E-state index in [2.05, 4.69) is 15.3 Å². The van der Waals surface area contributed by atoms with E-state index in [4.69, 9.17) is 15.0 Å². The number of amides is 2. The molecule has 3 rings (SSSR count). The van der Waals surface area contributed by atoms with Crippen LogP contribution in [-0.2, 0) is 25.7 Å². The molecule has 2 aliphatic rings. The predicted molar refractivity (Wildman–Crippen MR) is 120 cm³/mol. The lowest BCUT2D eigenvalue weighted by Gasteiger charge is -2.32. The molecule has 2 heterocycles. The van der Waals surface area contributed by atoms with E-state index in [-0.39, 0.29) is 25.1 Å². The molecule has 0 aliphatic carbocycles. The fraction of sp³-hybridized carbons (Fsp3) is 0.609. The standard InChI is InChI=1S/C23H31N5O5/c1-23(2,3)33-21(30)18-12-11-17-10-9-16(13-25-27-24)19(20(29)28(17)18)26-22(31)32-14-15-7-5-4-6-8-15/h4-8,16-19H,9-14H2,1-3H3,(H,26,31)/t16-,17+,18+,19+/m1/s1. The third-order valence-electron chi connectivity index (χ3n) is 5.91. The smallest absolute Gasteiger partial charge is 0.408 e. The molecule has 2 amide bonds. The molecule has 2 saturated heterocycles. The van der Waals surface area contributed by atoms with Crippen molar-refractivity contribution in [1.29, 1.82) is 0 Å². The van der Waals surface area contributed by atoms with Crippen LogP contribution in [-0.4, -0.2) is 53.1 Å². The monoisotopic (exact) mass is 457 g/mol. The maximum Gasteiger partial charge on any atom is 0.408 e. The first kappa shape index (κ1) is 24.4. The van der Waals surface area contributed by atoms with Crippen molar-refractivity contribution in [2.75, 3.05) is 6.54 Å². The largest absolute Gasteiger partial charge is 0.458 e. The van der Waals surface area contributed by atoms with E-state index in [0.29, 0.717) is 25.7 Å². The number of nitrogens with one attached hydrogen (secondary N) is 1. The van der Waals surface area contributed by atoms with Crippen LogP contribution in [0.4, 0.5) is 4.79 Å². The molecule has 0 radical (unpaired) electrons. The maximum atomic E-state index is 13.6. The lowest BCUT2D eigenvalue weighted by atomic mass is 9.93. The van der Waals surface area contributed by atoms with Crippen molar-refractivity contribution in [2.24, 2.45) is 11.0 Å². The second-order valence-electron chi connectivity index (χ2n) is 9.46. The SMILES string of the molecule is CC(C)(C)OC(=O)[C@@H]1CC[C@@H]2CC[C@H](CN=[N+]=[N-])[C@H](NC(=O)OCc3ccccc3)C(=O)N21. The van der Waals surface area contributed by atoms with Crippen molar-refractivity contribution in [3.05, 3.63) is 46.3 Å². The van der Waals surface area contributed by atoms with E-state index in [1.807, 2.05) is 30.3 Å². The summed E-state index contributed by atoms with van der Waals surface area (Å²) in [6, 6.07) is 7.40. The van der Waals surface area contributed by atoms with Crippen LogP contribution in [0.15, 0.2) is 35.4 Å². The van der Waals surface area contributed by atoms with Crippen LogP contribution in [0, 0.1) is 5.92 Å². The second-order valence-corrected chi connectivity index (χ2v) is 9.46. The van der Waals surface area contributed by atoms with E-state index in [0.717, 1.165) is 5.56 Å². The lowest BCUT2D eigenvalue weighted by molar-refractivity contribution is -0.164. The molecule has 4 atom stereocenters. The summed E-state index contributed by atoms with van der Waals surface area (Å²) in [6.45, 7) is 5.46. The van der Waals surface area contributed by atoms with Gasteiger partial charge in [-0.2, -0.15) is 0 Å². The molecule has 0 saturated carbocycles. The number of hydrogen-bond donors (Lipinski definition) is 1. The molecular formula is C23H31N5O5. The summed E-state index contributed by atoms with van der Waals surface area (Å²) in [4.78, 5) is 43.4. The summed E-state index contributed by atoms with van der Waals surface area (Å²) in [7, 11) is 0. The Morgan fingerprint density at radius 1 is 1.18 bits per heavy atom. The van der Waals surface area contributed by atoms with Crippen molar-refractivity contribution >= 4 is 18.0 Å². The Morgan fingerprint density at radius 3 is 2.55 bits per heavy atom. The molecule has 2 aliphatic heterocycles. The number of esters is 1. The number of ether oxygens (including phenoxy) is 2. The molecule has 0 bridgehead atoms. The fourth-order valence-electron chi connectivity index (χ4n) is 4.45. The molecule has 33 heavy (non-hydrogen) atoms. The molecule has 0 aromatic heterocycles. The minimum atomic E-state index is -0.966. The van der Waals surface area contributed by atoms with Gasteiger partial charge in [0.05, 0.1) is 0 Å². The van der Waals surface area contributed by atoms with Crippen molar-refractivity contribution in [3.8, 4) is 0 Å². The van der Waals surface area contributed by atoms with Crippen LogP contribution < -0.4 is 5.32 Å². The number of rotatable bonds is 6. The average Bonchev–Trinajstić information content (AvgIpc) is 3.15. The Bertz CT molecular complexity index is 910. The second kappa shape index (κ2) is 10.6. The molecule has 1 N–H and O–H groups in total. The van der Waals surface area contributed by atoms with E-state index >= 15 is 0 Å². The first-order valence-corrected chi connectivity index (χ1v) is 11.2. The molecule has 10 heteroatoms. The predicted octanol–water partition coefficient (Wildman–Crippen LogP) is 3.70. The van der Waals surface area contributed by atoms with E-state index in [1.165, 1.54) is 0 Å². The number of carbonyl (C=O) groups excluding carboxylic acids is 3. The normalized spacial score (nSPS) is 24.8. The van der Waals surface area contributed by atoms with Crippen LogP contribution in [0.1, 0.15) is 52.0 Å². The minimum absolute atomic E-state index is 0.0570. The van der Waals surface area contributed by atoms with Gasteiger partial charge in [-0.05, 0) is 63.5 Å². The number of fused-ring (bicyclic) bond motifs is 1.